The van der Waals surface area contributed by atoms with Crippen LogP contribution in [0.2, 0.25) is 0 Å². The van der Waals surface area contributed by atoms with Gasteiger partial charge < -0.3 is 15.2 Å². The van der Waals surface area contributed by atoms with Gasteiger partial charge in [-0.15, -0.1) is 0 Å². The highest BCUT2D eigenvalue weighted by molar-refractivity contribution is 5.76. The largest absolute Gasteiger partial charge is 0.352 e. The highest BCUT2D eigenvalue weighted by Gasteiger charge is 2.10. The molecule has 1 aromatic rings. The minimum absolute atomic E-state index is 0.0861. The Labute approximate surface area is 110 Å². The molecule has 4 heteroatoms. The number of nitrogens with one attached hydrogen (secondary N) is 2. The number of hydrogen-bond acceptors (Lipinski definition) is 2. The molecule has 0 saturated heterocycles. The second-order valence-corrected chi connectivity index (χ2v) is 4.71. The molecule has 0 bridgehead atoms. The van der Waals surface area contributed by atoms with Crippen LogP contribution in [0.15, 0.2) is 18.5 Å². The molecule has 18 heavy (non-hydrogen) atoms. The normalized spacial score (nSPS) is 12.7. The first kappa shape index (κ1) is 14.8. The van der Waals surface area contributed by atoms with Crippen LogP contribution in [0, 0.1) is 0 Å². The van der Waals surface area contributed by atoms with Crippen molar-refractivity contribution in [1.29, 1.82) is 0 Å². The van der Waals surface area contributed by atoms with Gasteiger partial charge in [0, 0.05) is 24.5 Å². The van der Waals surface area contributed by atoms with Crippen molar-refractivity contribution in [1.82, 2.24) is 15.2 Å². The second-order valence-electron chi connectivity index (χ2n) is 4.71. The fraction of sp³-hybridized carbons (Fsp3) is 0.643. The summed E-state index contributed by atoms with van der Waals surface area (Å²) in [6.07, 6.45) is 5.94. The quantitative estimate of drug-likeness (QED) is 0.779. The van der Waals surface area contributed by atoms with E-state index in [-0.39, 0.29) is 5.91 Å². The molecule has 1 unspecified atom stereocenters. The van der Waals surface area contributed by atoms with E-state index in [4.69, 9.17) is 0 Å². The Morgan fingerprint density at radius 3 is 2.61 bits per heavy atom. The van der Waals surface area contributed by atoms with Gasteiger partial charge in [-0.1, -0.05) is 13.8 Å². The predicted octanol–water partition coefficient (Wildman–Crippen LogP) is 2.07. The molecule has 0 aromatic carbocycles. The molecule has 102 valence electrons. The summed E-state index contributed by atoms with van der Waals surface area (Å²) in [6, 6.07) is 2.66. The maximum Gasteiger partial charge on any atom is 0.240 e. The van der Waals surface area contributed by atoms with Gasteiger partial charge in [-0.05, 0) is 38.4 Å². The summed E-state index contributed by atoms with van der Waals surface area (Å²) in [5.41, 5.74) is 1.20. The summed E-state index contributed by atoms with van der Waals surface area (Å²) in [6.45, 7) is 6.69. The summed E-state index contributed by atoms with van der Waals surface area (Å²) in [5, 5.41) is 6.23. The average Bonchev–Trinajstić information content (AvgIpc) is 2.83. The van der Waals surface area contributed by atoms with Gasteiger partial charge in [-0.3, -0.25) is 4.79 Å². The van der Waals surface area contributed by atoms with E-state index in [1.807, 2.05) is 30.1 Å². The Morgan fingerprint density at radius 2 is 2.06 bits per heavy atom. The smallest absolute Gasteiger partial charge is 0.240 e. The molecule has 0 fully saturated rings. The fourth-order valence-electron chi connectivity index (χ4n) is 1.91. The second kappa shape index (κ2) is 7.21. The SMILES string of the molecule is CCC(CC)NC(=O)Cn1ccc(C(C)NC)c1. The zero-order chi connectivity index (χ0) is 13.5. The van der Waals surface area contributed by atoms with Gasteiger partial charge >= 0.3 is 0 Å². The summed E-state index contributed by atoms with van der Waals surface area (Å²) in [7, 11) is 1.93. The molecule has 0 aliphatic rings. The third-order valence-electron chi connectivity index (χ3n) is 3.38. The van der Waals surface area contributed by atoms with E-state index in [0.717, 1.165) is 12.8 Å². The Morgan fingerprint density at radius 1 is 1.39 bits per heavy atom. The molecule has 0 spiro atoms. The number of nitrogens with zero attached hydrogens (tertiary/aromatic N) is 1. The van der Waals surface area contributed by atoms with E-state index in [0.29, 0.717) is 18.6 Å². The maximum absolute atomic E-state index is 11.8. The van der Waals surface area contributed by atoms with Crippen molar-refractivity contribution in [3.05, 3.63) is 24.0 Å². The average molecular weight is 251 g/mol. The number of aromatic nitrogens is 1. The molecule has 0 saturated carbocycles. The number of hydrogen-bond donors (Lipinski definition) is 2. The molecule has 4 nitrogen and oxygen atoms in total. The molecule has 0 aliphatic carbocycles. The van der Waals surface area contributed by atoms with Crippen LogP contribution in [0.4, 0.5) is 0 Å². The van der Waals surface area contributed by atoms with Crippen LogP contribution in [0.3, 0.4) is 0 Å². The van der Waals surface area contributed by atoms with E-state index in [9.17, 15) is 4.79 Å². The topological polar surface area (TPSA) is 46.1 Å². The molecule has 1 heterocycles. The van der Waals surface area contributed by atoms with E-state index in [1.165, 1.54) is 5.56 Å². The molecule has 2 N–H and O–H groups in total. The van der Waals surface area contributed by atoms with Crippen LogP contribution in [-0.4, -0.2) is 23.6 Å². The Balaban J connectivity index is 2.52. The molecule has 0 radical (unpaired) electrons. The standard InChI is InChI=1S/C14H25N3O/c1-5-13(6-2)16-14(18)10-17-8-7-12(9-17)11(3)15-4/h7-9,11,13,15H,5-6,10H2,1-4H3,(H,16,18). The number of carbonyl (C=O) groups excluding carboxylic acids is 1. The number of carbonyl (C=O) groups is 1. The molecule has 1 aromatic heterocycles. The first-order valence-corrected chi connectivity index (χ1v) is 6.73. The summed E-state index contributed by atoms with van der Waals surface area (Å²) in [5.74, 6) is 0.0861. The minimum atomic E-state index is 0.0861. The van der Waals surface area contributed by atoms with Crippen LogP contribution in [-0.2, 0) is 11.3 Å². The zero-order valence-corrected chi connectivity index (χ0v) is 11.9. The number of amides is 1. The van der Waals surface area contributed by atoms with Gasteiger partial charge in [0.05, 0.1) is 0 Å². The van der Waals surface area contributed by atoms with Gasteiger partial charge in [0.25, 0.3) is 0 Å². The summed E-state index contributed by atoms with van der Waals surface area (Å²) < 4.78 is 1.93. The molecular formula is C14H25N3O. The van der Waals surface area contributed by atoms with Crippen LogP contribution < -0.4 is 10.6 Å². The van der Waals surface area contributed by atoms with Crippen molar-refractivity contribution in [2.75, 3.05) is 7.05 Å². The van der Waals surface area contributed by atoms with Crippen LogP contribution in [0.1, 0.15) is 45.2 Å². The van der Waals surface area contributed by atoms with Crippen molar-refractivity contribution in [2.24, 2.45) is 0 Å². The van der Waals surface area contributed by atoms with Gasteiger partial charge in [-0.25, -0.2) is 0 Å². The summed E-state index contributed by atoms with van der Waals surface area (Å²) >= 11 is 0. The molecule has 0 aliphatic heterocycles. The Bertz CT molecular complexity index is 369. The van der Waals surface area contributed by atoms with Gasteiger partial charge in [0.15, 0.2) is 0 Å². The van der Waals surface area contributed by atoms with Crippen molar-refractivity contribution in [3.8, 4) is 0 Å². The summed E-state index contributed by atoms with van der Waals surface area (Å²) in [4.78, 5) is 11.8. The first-order chi connectivity index (χ1) is 8.60. The van der Waals surface area contributed by atoms with Gasteiger partial charge in [0.1, 0.15) is 6.54 Å². The van der Waals surface area contributed by atoms with Crippen molar-refractivity contribution in [3.63, 3.8) is 0 Å². The Kier molecular flexibility index (Phi) is 5.92. The first-order valence-electron chi connectivity index (χ1n) is 6.73. The zero-order valence-electron chi connectivity index (χ0n) is 11.9. The monoisotopic (exact) mass is 251 g/mol. The molecule has 1 amide bonds. The van der Waals surface area contributed by atoms with Gasteiger partial charge in [-0.2, -0.15) is 0 Å². The van der Waals surface area contributed by atoms with Crippen molar-refractivity contribution >= 4 is 5.91 Å². The number of rotatable bonds is 7. The van der Waals surface area contributed by atoms with E-state index >= 15 is 0 Å². The van der Waals surface area contributed by atoms with Crippen LogP contribution in [0.5, 0.6) is 0 Å². The predicted molar refractivity (Wildman–Crippen MR) is 74.4 cm³/mol. The van der Waals surface area contributed by atoms with Crippen LogP contribution >= 0.6 is 0 Å². The maximum atomic E-state index is 11.8. The Hall–Kier alpha value is -1.29. The lowest BCUT2D eigenvalue weighted by molar-refractivity contribution is -0.122. The fourth-order valence-corrected chi connectivity index (χ4v) is 1.91. The van der Waals surface area contributed by atoms with E-state index in [2.05, 4.69) is 31.4 Å². The molecule has 1 rings (SSSR count). The van der Waals surface area contributed by atoms with Gasteiger partial charge in [0.2, 0.25) is 5.91 Å². The molecule has 1 atom stereocenters. The lowest BCUT2D eigenvalue weighted by Gasteiger charge is -2.15. The third-order valence-corrected chi connectivity index (χ3v) is 3.38. The highest BCUT2D eigenvalue weighted by atomic mass is 16.2. The highest BCUT2D eigenvalue weighted by Crippen LogP contribution is 2.11. The lowest BCUT2D eigenvalue weighted by Crippen LogP contribution is -2.36. The van der Waals surface area contributed by atoms with Crippen molar-refractivity contribution < 1.29 is 4.79 Å². The van der Waals surface area contributed by atoms with Crippen LogP contribution in [0.25, 0.3) is 0 Å². The lowest BCUT2D eigenvalue weighted by atomic mass is 10.2. The third kappa shape index (κ3) is 4.18. The molecular weight excluding hydrogens is 226 g/mol. The van der Waals surface area contributed by atoms with Crippen molar-refractivity contribution in [2.45, 2.75) is 52.2 Å². The van der Waals surface area contributed by atoms with E-state index < -0.39 is 0 Å². The minimum Gasteiger partial charge on any atom is -0.352 e. The van der Waals surface area contributed by atoms with E-state index in [1.54, 1.807) is 0 Å².